The van der Waals surface area contributed by atoms with Gasteiger partial charge in [0, 0.05) is 11.5 Å². The summed E-state index contributed by atoms with van der Waals surface area (Å²) in [6.45, 7) is 0. The van der Waals surface area contributed by atoms with Gasteiger partial charge in [0.15, 0.2) is 0 Å². The first-order valence-corrected chi connectivity index (χ1v) is 5.36. The van der Waals surface area contributed by atoms with Crippen LogP contribution >= 0.6 is 11.5 Å². The van der Waals surface area contributed by atoms with E-state index in [0.717, 1.165) is 0 Å². The molecule has 0 aliphatic heterocycles. The molecule has 0 unspecified atom stereocenters. The summed E-state index contributed by atoms with van der Waals surface area (Å²) in [6, 6.07) is 0.935. The highest BCUT2D eigenvalue weighted by atomic mass is 32.1. The molecule has 0 bridgehead atoms. The van der Waals surface area contributed by atoms with Crippen LogP contribution in [0.5, 0.6) is 0 Å². The van der Waals surface area contributed by atoms with Gasteiger partial charge in [-0.25, -0.2) is 4.39 Å². The fraction of sp³-hybridized carbons (Fsp3) is 0. The topological polar surface area (TPSA) is 111 Å². The van der Waals surface area contributed by atoms with Crippen molar-refractivity contribution in [3.05, 3.63) is 39.4 Å². The third-order valence-corrected chi connectivity index (χ3v) is 2.49. The van der Waals surface area contributed by atoms with Crippen LogP contribution in [0.1, 0.15) is 10.4 Å². The summed E-state index contributed by atoms with van der Waals surface area (Å²) in [5.74, 6) is -3.62. The highest BCUT2D eigenvalue weighted by Crippen LogP contribution is 2.23. The standard InChI is InChI=1S/C8H3F2N5O3S/c9-3-1-4(6(10)5(2-3)15(17)18)7(16)11-8-12-13-14-19-8/h1-2H,(H,11,12,14,16). The second-order valence-corrected chi connectivity index (χ2v) is 3.90. The van der Waals surface area contributed by atoms with Crippen molar-refractivity contribution < 1.29 is 18.5 Å². The van der Waals surface area contributed by atoms with Gasteiger partial charge >= 0.3 is 5.69 Å². The predicted molar refractivity (Wildman–Crippen MR) is 58.7 cm³/mol. The molecule has 19 heavy (non-hydrogen) atoms. The van der Waals surface area contributed by atoms with Crippen molar-refractivity contribution in [2.45, 2.75) is 0 Å². The third kappa shape index (κ3) is 2.65. The lowest BCUT2D eigenvalue weighted by Crippen LogP contribution is -2.15. The Balaban J connectivity index is 2.39. The number of amides is 1. The molecule has 1 aromatic heterocycles. The van der Waals surface area contributed by atoms with Crippen LogP contribution in [-0.4, -0.2) is 25.6 Å². The van der Waals surface area contributed by atoms with Crippen molar-refractivity contribution in [1.29, 1.82) is 0 Å². The average molecular weight is 287 g/mol. The highest BCUT2D eigenvalue weighted by molar-refractivity contribution is 7.09. The normalized spacial score (nSPS) is 10.2. The quantitative estimate of drug-likeness (QED) is 0.674. The summed E-state index contributed by atoms with van der Waals surface area (Å²) in [7, 11) is 0. The number of carbonyl (C=O) groups excluding carboxylic acids is 1. The van der Waals surface area contributed by atoms with E-state index in [1.165, 1.54) is 0 Å². The van der Waals surface area contributed by atoms with Crippen LogP contribution in [0.2, 0.25) is 0 Å². The number of hydrogen-bond acceptors (Lipinski definition) is 7. The smallest absolute Gasteiger partial charge is 0.295 e. The van der Waals surface area contributed by atoms with Gasteiger partial charge in [-0.15, -0.1) is 0 Å². The number of carbonyl (C=O) groups is 1. The molecule has 2 aromatic rings. The Hall–Kier alpha value is -2.56. The summed E-state index contributed by atoms with van der Waals surface area (Å²) in [4.78, 5) is 21.0. The summed E-state index contributed by atoms with van der Waals surface area (Å²) in [5.41, 5.74) is -1.93. The van der Waals surface area contributed by atoms with Gasteiger partial charge in [0.2, 0.25) is 10.9 Å². The van der Waals surface area contributed by atoms with E-state index in [-0.39, 0.29) is 5.13 Å². The molecule has 1 heterocycles. The fourth-order valence-corrected chi connectivity index (χ4v) is 1.58. The van der Waals surface area contributed by atoms with Crippen molar-refractivity contribution in [2.24, 2.45) is 0 Å². The van der Waals surface area contributed by atoms with Gasteiger partial charge < -0.3 is 0 Å². The molecule has 0 atom stereocenters. The number of nitro groups is 1. The number of anilines is 1. The minimum absolute atomic E-state index is 0.0451. The van der Waals surface area contributed by atoms with Crippen LogP contribution < -0.4 is 5.32 Å². The van der Waals surface area contributed by atoms with Crippen LogP contribution in [0.3, 0.4) is 0 Å². The van der Waals surface area contributed by atoms with E-state index >= 15 is 0 Å². The number of nitro benzene ring substituents is 1. The van der Waals surface area contributed by atoms with Crippen molar-refractivity contribution >= 4 is 28.3 Å². The molecule has 1 amide bonds. The molecular formula is C8H3F2N5O3S. The monoisotopic (exact) mass is 287 g/mol. The lowest BCUT2D eigenvalue weighted by Gasteiger charge is -2.03. The molecule has 2 rings (SSSR count). The molecule has 11 heteroatoms. The van der Waals surface area contributed by atoms with E-state index in [0.29, 0.717) is 23.7 Å². The largest absolute Gasteiger partial charge is 0.308 e. The van der Waals surface area contributed by atoms with Gasteiger partial charge in [-0.3, -0.25) is 20.2 Å². The molecule has 8 nitrogen and oxygen atoms in total. The Kier molecular flexibility index (Phi) is 3.37. The Bertz CT molecular complexity index is 648. The van der Waals surface area contributed by atoms with E-state index in [2.05, 4.69) is 20.1 Å². The molecular weight excluding hydrogens is 284 g/mol. The molecule has 0 fully saturated rings. The second kappa shape index (κ2) is 4.97. The summed E-state index contributed by atoms with van der Waals surface area (Å²) in [6.07, 6.45) is 0. The summed E-state index contributed by atoms with van der Waals surface area (Å²) in [5, 5.41) is 19.1. The van der Waals surface area contributed by atoms with Crippen LogP contribution in [-0.2, 0) is 0 Å². The molecule has 1 aromatic carbocycles. The Morgan fingerprint density at radius 1 is 1.42 bits per heavy atom. The SMILES string of the molecule is O=C(Nc1nnns1)c1cc(F)cc([N+](=O)[O-])c1F. The van der Waals surface area contributed by atoms with E-state index in [1.54, 1.807) is 0 Å². The number of rotatable bonds is 3. The first kappa shape index (κ1) is 12.9. The van der Waals surface area contributed by atoms with E-state index < -0.39 is 33.7 Å². The van der Waals surface area contributed by atoms with Gasteiger partial charge in [0.1, 0.15) is 5.82 Å². The maximum Gasteiger partial charge on any atom is 0.308 e. The van der Waals surface area contributed by atoms with Crippen LogP contribution in [0.4, 0.5) is 19.6 Å². The number of benzene rings is 1. The summed E-state index contributed by atoms with van der Waals surface area (Å²) >= 11 is 0.712. The highest BCUT2D eigenvalue weighted by Gasteiger charge is 2.24. The van der Waals surface area contributed by atoms with Crippen molar-refractivity contribution in [1.82, 2.24) is 14.8 Å². The van der Waals surface area contributed by atoms with E-state index in [9.17, 15) is 23.7 Å². The van der Waals surface area contributed by atoms with Crippen LogP contribution in [0.15, 0.2) is 12.1 Å². The lowest BCUT2D eigenvalue weighted by atomic mass is 10.1. The molecule has 0 saturated heterocycles. The number of nitrogens with zero attached hydrogens (tertiary/aromatic N) is 4. The first-order valence-electron chi connectivity index (χ1n) is 4.59. The zero-order valence-electron chi connectivity index (χ0n) is 8.83. The average Bonchev–Trinajstić information content (AvgIpc) is 2.84. The second-order valence-electron chi connectivity index (χ2n) is 3.17. The zero-order valence-corrected chi connectivity index (χ0v) is 9.65. The zero-order chi connectivity index (χ0) is 14.0. The predicted octanol–water partition coefficient (Wildman–Crippen LogP) is 1.37. The minimum atomic E-state index is -1.43. The Morgan fingerprint density at radius 2 is 2.16 bits per heavy atom. The molecule has 0 aliphatic rings. The van der Waals surface area contributed by atoms with Crippen LogP contribution in [0.25, 0.3) is 0 Å². The van der Waals surface area contributed by atoms with E-state index in [1.807, 2.05) is 0 Å². The fourth-order valence-electron chi connectivity index (χ4n) is 1.22. The van der Waals surface area contributed by atoms with Crippen LogP contribution in [0, 0.1) is 21.7 Å². The summed E-state index contributed by atoms with van der Waals surface area (Å²) < 4.78 is 30.1. The van der Waals surface area contributed by atoms with Gasteiger partial charge in [0.25, 0.3) is 5.91 Å². The third-order valence-electron chi connectivity index (χ3n) is 1.98. The first-order chi connectivity index (χ1) is 8.99. The van der Waals surface area contributed by atoms with Crippen molar-refractivity contribution in [3.63, 3.8) is 0 Å². The molecule has 0 spiro atoms. The van der Waals surface area contributed by atoms with E-state index in [4.69, 9.17) is 0 Å². The minimum Gasteiger partial charge on any atom is -0.295 e. The van der Waals surface area contributed by atoms with Crippen molar-refractivity contribution in [3.8, 4) is 0 Å². The van der Waals surface area contributed by atoms with Gasteiger partial charge in [-0.1, -0.05) is 9.59 Å². The van der Waals surface area contributed by atoms with Gasteiger partial charge in [-0.2, -0.15) is 4.39 Å². The molecule has 0 saturated carbocycles. The number of nitrogens with one attached hydrogen (secondary N) is 1. The molecule has 98 valence electrons. The maximum atomic E-state index is 13.7. The van der Waals surface area contributed by atoms with Gasteiger partial charge in [-0.05, 0) is 11.3 Å². The number of aromatic nitrogens is 3. The number of hydrogen-bond donors (Lipinski definition) is 1. The molecule has 0 radical (unpaired) electrons. The molecule has 1 N–H and O–H groups in total. The number of halogens is 2. The maximum absolute atomic E-state index is 13.7. The molecule has 0 aliphatic carbocycles. The van der Waals surface area contributed by atoms with Crippen molar-refractivity contribution in [2.75, 3.05) is 5.32 Å². The van der Waals surface area contributed by atoms with Gasteiger partial charge in [0.05, 0.1) is 16.6 Å². The Labute approximate surface area is 107 Å². The Morgan fingerprint density at radius 3 is 2.74 bits per heavy atom. The lowest BCUT2D eigenvalue weighted by molar-refractivity contribution is -0.387.